The third-order valence-corrected chi connectivity index (χ3v) is 5.49. The standard InChI is InChI=1S/C24H42F3NO4/c1-23(2,3)20(29)17-16-19(22(31)32)28-21(30)15-13-11-9-7-5-4-6-8-10-12-14-18-24(25,26)27/h19H,4-18H2,1-3H3,(H,28,30)(H,31,32)/t19-/m0/s1. The molecule has 0 aliphatic carbocycles. The van der Waals surface area contributed by atoms with Crippen LogP contribution in [0, 0.1) is 5.41 Å². The Kier molecular flexibility index (Phi) is 15.3. The number of nitrogens with one attached hydrogen (secondary N) is 1. The molecule has 0 unspecified atom stereocenters. The van der Waals surface area contributed by atoms with Crippen LogP contribution in [-0.4, -0.2) is 35.0 Å². The van der Waals surface area contributed by atoms with Gasteiger partial charge in [0.15, 0.2) is 0 Å². The van der Waals surface area contributed by atoms with Crippen molar-refractivity contribution in [2.45, 2.75) is 129 Å². The van der Waals surface area contributed by atoms with E-state index >= 15 is 0 Å². The van der Waals surface area contributed by atoms with Crippen molar-refractivity contribution in [3.63, 3.8) is 0 Å². The van der Waals surface area contributed by atoms with Gasteiger partial charge in [-0.25, -0.2) is 4.79 Å². The summed E-state index contributed by atoms with van der Waals surface area (Å²) in [5.74, 6) is -1.45. The van der Waals surface area contributed by atoms with Gasteiger partial charge in [-0.05, 0) is 19.3 Å². The van der Waals surface area contributed by atoms with Crippen molar-refractivity contribution >= 4 is 17.7 Å². The van der Waals surface area contributed by atoms with Crippen molar-refractivity contribution < 1.29 is 32.7 Å². The molecule has 8 heteroatoms. The molecule has 0 aliphatic heterocycles. The average molecular weight is 466 g/mol. The summed E-state index contributed by atoms with van der Waals surface area (Å²) in [5.41, 5.74) is -0.524. The number of halogens is 3. The van der Waals surface area contributed by atoms with Gasteiger partial charge in [0.25, 0.3) is 0 Å². The maximum atomic E-state index is 12.0. The molecule has 0 saturated carbocycles. The summed E-state index contributed by atoms with van der Waals surface area (Å²) >= 11 is 0. The fourth-order valence-electron chi connectivity index (χ4n) is 3.38. The van der Waals surface area contributed by atoms with E-state index in [0.717, 1.165) is 51.4 Å². The zero-order valence-corrected chi connectivity index (χ0v) is 20.0. The first-order chi connectivity index (χ1) is 14.8. The molecule has 0 fully saturated rings. The molecule has 32 heavy (non-hydrogen) atoms. The first-order valence-electron chi connectivity index (χ1n) is 11.9. The van der Waals surface area contributed by atoms with E-state index in [1.165, 1.54) is 0 Å². The van der Waals surface area contributed by atoms with Gasteiger partial charge in [0.1, 0.15) is 11.8 Å². The highest BCUT2D eigenvalue weighted by atomic mass is 19.4. The molecule has 0 rings (SSSR count). The quantitative estimate of drug-likeness (QED) is 0.224. The number of hydrogen-bond donors (Lipinski definition) is 2. The van der Waals surface area contributed by atoms with Crippen LogP contribution in [0.5, 0.6) is 0 Å². The van der Waals surface area contributed by atoms with Crippen LogP contribution >= 0.6 is 0 Å². The monoisotopic (exact) mass is 465 g/mol. The van der Waals surface area contributed by atoms with E-state index in [2.05, 4.69) is 5.32 Å². The van der Waals surface area contributed by atoms with Gasteiger partial charge in [-0.2, -0.15) is 13.2 Å². The molecule has 0 saturated heterocycles. The summed E-state index contributed by atoms with van der Waals surface area (Å²) in [6.45, 7) is 5.35. The minimum Gasteiger partial charge on any atom is -0.480 e. The molecule has 188 valence electrons. The second kappa shape index (κ2) is 16.1. The third-order valence-electron chi connectivity index (χ3n) is 5.49. The first kappa shape index (κ1) is 30.4. The molecule has 0 spiro atoms. The Labute approximate surface area is 190 Å². The van der Waals surface area contributed by atoms with Crippen LogP contribution in [0.4, 0.5) is 13.2 Å². The molecular formula is C24H42F3NO4. The topological polar surface area (TPSA) is 83.5 Å². The van der Waals surface area contributed by atoms with Crippen LogP contribution < -0.4 is 5.32 Å². The van der Waals surface area contributed by atoms with Gasteiger partial charge in [0, 0.05) is 24.7 Å². The maximum Gasteiger partial charge on any atom is 0.389 e. The summed E-state index contributed by atoms with van der Waals surface area (Å²) < 4.78 is 36.1. The van der Waals surface area contributed by atoms with Gasteiger partial charge in [0.2, 0.25) is 5.91 Å². The lowest BCUT2D eigenvalue weighted by Gasteiger charge is -2.19. The lowest BCUT2D eigenvalue weighted by Crippen LogP contribution is -2.41. The van der Waals surface area contributed by atoms with E-state index in [-0.39, 0.29) is 37.4 Å². The van der Waals surface area contributed by atoms with Crippen LogP contribution in [0.2, 0.25) is 0 Å². The molecule has 2 N–H and O–H groups in total. The summed E-state index contributed by atoms with van der Waals surface area (Å²) in [5, 5.41) is 11.8. The molecule has 0 radical (unpaired) electrons. The van der Waals surface area contributed by atoms with E-state index < -0.39 is 30.0 Å². The molecule has 1 atom stereocenters. The highest BCUT2D eigenvalue weighted by Crippen LogP contribution is 2.23. The molecule has 0 aliphatic rings. The summed E-state index contributed by atoms with van der Waals surface area (Å²) in [6, 6.07) is -1.04. The number of carboxylic acid groups (broad SMARTS) is 1. The Bertz CT molecular complexity index is 556. The van der Waals surface area contributed by atoms with Crippen molar-refractivity contribution in [3.05, 3.63) is 0 Å². The largest absolute Gasteiger partial charge is 0.480 e. The Morgan fingerprint density at radius 1 is 0.750 bits per heavy atom. The Balaban J connectivity index is 3.71. The Morgan fingerprint density at radius 3 is 1.59 bits per heavy atom. The van der Waals surface area contributed by atoms with Crippen molar-refractivity contribution in [3.8, 4) is 0 Å². The SMILES string of the molecule is CC(C)(C)C(=O)CC[C@H](NC(=O)CCCCCCCCCCCCCC(F)(F)F)C(=O)O. The predicted octanol–water partition coefficient (Wildman–Crippen LogP) is 6.58. The molecule has 1 amide bonds. The van der Waals surface area contributed by atoms with Crippen LogP contribution in [0.1, 0.15) is 117 Å². The van der Waals surface area contributed by atoms with E-state index in [1.807, 2.05) is 0 Å². The molecule has 0 aromatic rings. The molecule has 5 nitrogen and oxygen atoms in total. The van der Waals surface area contributed by atoms with E-state index in [4.69, 9.17) is 0 Å². The highest BCUT2D eigenvalue weighted by molar-refractivity contribution is 5.86. The number of carboxylic acids is 1. The zero-order chi connectivity index (χ0) is 24.6. The number of ketones is 1. The van der Waals surface area contributed by atoms with Gasteiger partial charge in [-0.1, -0.05) is 78.6 Å². The number of unbranched alkanes of at least 4 members (excludes halogenated alkanes) is 10. The molecule has 0 aromatic heterocycles. The second-order valence-electron chi connectivity index (χ2n) is 9.67. The van der Waals surface area contributed by atoms with Gasteiger partial charge in [-0.3, -0.25) is 9.59 Å². The average Bonchev–Trinajstić information content (AvgIpc) is 2.66. The van der Waals surface area contributed by atoms with E-state index in [0.29, 0.717) is 12.8 Å². The minimum absolute atomic E-state index is 0.0283. The van der Waals surface area contributed by atoms with Gasteiger partial charge >= 0.3 is 12.1 Å². The van der Waals surface area contributed by atoms with Crippen LogP contribution in [-0.2, 0) is 14.4 Å². The van der Waals surface area contributed by atoms with Crippen molar-refractivity contribution in [2.75, 3.05) is 0 Å². The van der Waals surface area contributed by atoms with Gasteiger partial charge in [-0.15, -0.1) is 0 Å². The smallest absolute Gasteiger partial charge is 0.389 e. The lowest BCUT2D eigenvalue weighted by atomic mass is 9.87. The van der Waals surface area contributed by atoms with Gasteiger partial charge < -0.3 is 10.4 Å². The number of carbonyl (C=O) groups excluding carboxylic acids is 2. The highest BCUT2D eigenvalue weighted by Gasteiger charge is 2.26. The van der Waals surface area contributed by atoms with Crippen LogP contribution in [0.3, 0.4) is 0 Å². The number of amides is 1. The summed E-state index contributed by atoms with van der Waals surface area (Å²) in [4.78, 5) is 35.3. The van der Waals surface area contributed by atoms with E-state index in [1.54, 1.807) is 20.8 Å². The van der Waals surface area contributed by atoms with E-state index in [9.17, 15) is 32.7 Å². The van der Waals surface area contributed by atoms with Crippen LogP contribution in [0.15, 0.2) is 0 Å². The van der Waals surface area contributed by atoms with Crippen molar-refractivity contribution in [1.29, 1.82) is 0 Å². The third kappa shape index (κ3) is 18.0. The summed E-state index contributed by atoms with van der Waals surface area (Å²) in [6.07, 6.45) is 5.31. The fourth-order valence-corrected chi connectivity index (χ4v) is 3.38. The normalized spacial score (nSPS) is 13.1. The zero-order valence-electron chi connectivity index (χ0n) is 20.0. The predicted molar refractivity (Wildman–Crippen MR) is 119 cm³/mol. The number of carbonyl (C=O) groups is 3. The molecular weight excluding hydrogens is 423 g/mol. The van der Waals surface area contributed by atoms with Crippen molar-refractivity contribution in [2.24, 2.45) is 5.41 Å². The van der Waals surface area contributed by atoms with Crippen molar-refractivity contribution in [1.82, 2.24) is 5.32 Å². The molecule has 0 bridgehead atoms. The minimum atomic E-state index is -4.04. The second-order valence-corrected chi connectivity index (χ2v) is 9.67. The summed E-state index contributed by atoms with van der Waals surface area (Å²) in [7, 11) is 0. The lowest BCUT2D eigenvalue weighted by molar-refractivity contribution is -0.142. The Hall–Kier alpha value is -1.60. The number of aliphatic carboxylic acids is 1. The Morgan fingerprint density at radius 2 is 1.19 bits per heavy atom. The molecule has 0 heterocycles. The number of hydrogen-bond acceptors (Lipinski definition) is 3. The fraction of sp³-hybridized carbons (Fsp3) is 0.875. The first-order valence-corrected chi connectivity index (χ1v) is 11.9. The molecule has 0 aromatic carbocycles. The maximum absolute atomic E-state index is 12.0. The van der Waals surface area contributed by atoms with Gasteiger partial charge in [0.05, 0.1) is 0 Å². The number of rotatable bonds is 18. The number of alkyl halides is 3. The number of Topliss-reactive ketones (excluding diaryl/α,β-unsaturated/α-hetero) is 1. The van der Waals surface area contributed by atoms with Crippen LogP contribution in [0.25, 0.3) is 0 Å².